The van der Waals surface area contributed by atoms with Gasteiger partial charge in [0.2, 0.25) is 5.91 Å². The molecule has 4 rings (SSSR count). The number of hydrogen-bond donors (Lipinski definition) is 1. The van der Waals surface area contributed by atoms with Gasteiger partial charge in [0.15, 0.2) is 0 Å². The number of nitrogens with zero attached hydrogens (tertiary/aromatic N) is 1. The lowest BCUT2D eigenvalue weighted by Gasteiger charge is -2.30. The average molecular weight is 355 g/mol. The van der Waals surface area contributed by atoms with Crippen LogP contribution in [0.15, 0.2) is 0 Å². The van der Waals surface area contributed by atoms with E-state index in [2.05, 4.69) is 10.2 Å². The van der Waals surface area contributed by atoms with Crippen LogP contribution in [-0.2, 0) is 14.6 Å². The Bertz CT molecular complexity index is 569. The highest BCUT2D eigenvalue weighted by Crippen LogP contribution is 2.42. The zero-order valence-electron chi connectivity index (χ0n) is 14.5. The SMILES string of the molecule is O=C(N[C@H]1CN(CC2CCC2)C[C@@H]1C1CC1)C1CCS(=O)(=O)CC1. The summed E-state index contributed by atoms with van der Waals surface area (Å²) in [5.41, 5.74) is 0. The number of carbonyl (C=O) groups is 1. The van der Waals surface area contributed by atoms with Crippen LogP contribution in [0.4, 0.5) is 0 Å². The molecular weight excluding hydrogens is 324 g/mol. The van der Waals surface area contributed by atoms with Crippen LogP contribution in [0.2, 0.25) is 0 Å². The topological polar surface area (TPSA) is 66.5 Å². The van der Waals surface area contributed by atoms with Crippen LogP contribution in [-0.4, -0.2) is 56.4 Å². The monoisotopic (exact) mass is 354 g/mol. The molecule has 2 heterocycles. The highest BCUT2D eigenvalue weighted by atomic mass is 32.2. The first kappa shape index (κ1) is 16.8. The molecule has 5 nitrogen and oxygen atoms in total. The van der Waals surface area contributed by atoms with E-state index in [4.69, 9.17) is 0 Å². The van der Waals surface area contributed by atoms with Crippen LogP contribution in [0, 0.1) is 23.7 Å². The first-order chi connectivity index (χ1) is 11.5. The second kappa shape index (κ2) is 6.60. The Morgan fingerprint density at radius 1 is 1.00 bits per heavy atom. The fraction of sp³-hybridized carbons (Fsp3) is 0.944. The minimum absolute atomic E-state index is 0.103. The van der Waals surface area contributed by atoms with Gasteiger partial charge in [-0.1, -0.05) is 6.42 Å². The van der Waals surface area contributed by atoms with Gasteiger partial charge in [0, 0.05) is 31.6 Å². The third-order valence-electron chi connectivity index (χ3n) is 6.66. The van der Waals surface area contributed by atoms with Crippen molar-refractivity contribution in [2.45, 2.75) is 51.0 Å². The van der Waals surface area contributed by atoms with Crippen LogP contribution in [0.5, 0.6) is 0 Å². The molecule has 0 aromatic rings. The van der Waals surface area contributed by atoms with Crippen LogP contribution < -0.4 is 5.32 Å². The van der Waals surface area contributed by atoms with Crippen molar-refractivity contribution in [2.75, 3.05) is 31.1 Å². The Morgan fingerprint density at radius 2 is 1.71 bits per heavy atom. The van der Waals surface area contributed by atoms with Crippen molar-refractivity contribution in [1.82, 2.24) is 10.2 Å². The molecule has 0 aromatic carbocycles. The summed E-state index contributed by atoms with van der Waals surface area (Å²) in [5, 5.41) is 3.31. The Labute approximate surface area is 145 Å². The van der Waals surface area contributed by atoms with E-state index in [-0.39, 0.29) is 29.4 Å². The summed E-state index contributed by atoms with van der Waals surface area (Å²) in [7, 11) is -2.90. The van der Waals surface area contributed by atoms with Gasteiger partial charge in [-0.15, -0.1) is 0 Å². The fourth-order valence-electron chi connectivity index (χ4n) is 4.71. The maximum Gasteiger partial charge on any atom is 0.223 e. The van der Waals surface area contributed by atoms with Gasteiger partial charge >= 0.3 is 0 Å². The van der Waals surface area contributed by atoms with E-state index in [1.807, 2.05) is 0 Å². The highest BCUT2D eigenvalue weighted by Gasteiger charge is 2.44. The molecule has 2 aliphatic carbocycles. The summed E-state index contributed by atoms with van der Waals surface area (Å²) in [4.78, 5) is 15.2. The number of likely N-dealkylation sites (tertiary alicyclic amines) is 1. The zero-order chi connectivity index (χ0) is 16.7. The van der Waals surface area contributed by atoms with E-state index in [9.17, 15) is 13.2 Å². The molecule has 4 aliphatic rings. The smallest absolute Gasteiger partial charge is 0.223 e. The van der Waals surface area contributed by atoms with Crippen LogP contribution in [0.1, 0.15) is 44.9 Å². The van der Waals surface area contributed by atoms with Crippen LogP contribution in [0.25, 0.3) is 0 Å². The first-order valence-corrected chi connectivity index (χ1v) is 11.6. The van der Waals surface area contributed by atoms with E-state index in [0.717, 1.165) is 24.9 Å². The van der Waals surface area contributed by atoms with Gasteiger partial charge in [-0.2, -0.15) is 0 Å². The molecule has 0 aromatic heterocycles. The Kier molecular flexibility index (Phi) is 4.63. The normalized spacial score (nSPS) is 34.8. The van der Waals surface area contributed by atoms with E-state index in [1.165, 1.54) is 38.6 Å². The molecule has 1 amide bonds. The minimum atomic E-state index is -2.90. The lowest BCUT2D eigenvalue weighted by atomic mass is 9.85. The second-order valence-electron chi connectivity index (χ2n) is 8.56. The maximum absolute atomic E-state index is 12.6. The largest absolute Gasteiger partial charge is 0.352 e. The van der Waals surface area contributed by atoms with Gasteiger partial charge in [-0.3, -0.25) is 4.79 Å². The summed E-state index contributed by atoms with van der Waals surface area (Å²) < 4.78 is 23.1. The fourth-order valence-corrected chi connectivity index (χ4v) is 6.20. The summed E-state index contributed by atoms with van der Waals surface area (Å²) >= 11 is 0. The summed E-state index contributed by atoms with van der Waals surface area (Å²) in [6.45, 7) is 3.34. The van der Waals surface area contributed by atoms with Crippen LogP contribution in [0.3, 0.4) is 0 Å². The van der Waals surface area contributed by atoms with Crippen molar-refractivity contribution in [3.8, 4) is 0 Å². The average Bonchev–Trinajstić information content (AvgIpc) is 3.25. The van der Waals surface area contributed by atoms with Crippen molar-refractivity contribution in [3.05, 3.63) is 0 Å². The predicted molar refractivity (Wildman–Crippen MR) is 93.3 cm³/mol. The number of hydrogen-bond acceptors (Lipinski definition) is 4. The number of nitrogens with one attached hydrogen (secondary N) is 1. The van der Waals surface area contributed by atoms with Crippen molar-refractivity contribution in [2.24, 2.45) is 23.7 Å². The summed E-state index contributed by atoms with van der Waals surface area (Å²) in [6, 6.07) is 0.281. The van der Waals surface area contributed by atoms with Crippen molar-refractivity contribution >= 4 is 15.7 Å². The first-order valence-electron chi connectivity index (χ1n) is 9.73. The molecule has 4 fully saturated rings. The highest BCUT2D eigenvalue weighted by molar-refractivity contribution is 7.91. The maximum atomic E-state index is 12.6. The van der Waals surface area contributed by atoms with Gasteiger partial charge < -0.3 is 10.2 Å². The molecule has 24 heavy (non-hydrogen) atoms. The molecule has 0 bridgehead atoms. The molecule has 0 radical (unpaired) electrons. The van der Waals surface area contributed by atoms with Crippen molar-refractivity contribution < 1.29 is 13.2 Å². The minimum Gasteiger partial charge on any atom is -0.352 e. The molecule has 2 aliphatic heterocycles. The zero-order valence-corrected chi connectivity index (χ0v) is 15.3. The third kappa shape index (κ3) is 3.79. The van der Waals surface area contributed by atoms with Gasteiger partial charge in [-0.05, 0) is 56.3 Å². The Morgan fingerprint density at radius 3 is 2.29 bits per heavy atom. The molecule has 0 spiro atoms. The summed E-state index contributed by atoms with van der Waals surface area (Å²) in [5.74, 6) is 2.64. The molecule has 0 unspecified atom stereocenters. The van der Waals surface area contributed by atoms with Gasteiger partial charge in [0.25, 0.3) is 0 Å². The Hall–Kier alpha value is -0.620. The number of amides is 1. The van der Waals surface area contributed by atoms with Crippen molar-refractivity contribution in [3.63, 3.8) is 0 Å². The molecular formula is C18H30N2O3S. The molecule has 2 saturated heterocycles. The Balaban J connectivity index is 1.32. The lowest BCUT2D eigenvalue weighted by molar-refractivity contribution is -0.126. The molecule has 6 heteroatoms. The molecule has 136 valence electrons. The van der Waals surface area contributed by atoms with Crippen LogP contribution >= 0.6 is 0 Å². The molecule has 2 saturated carbocycles. The number of carbonyl (C=O) groups excluding carboxylic acids is 1. The molecule has 1 N–H and O–H groups in total. The lowest BCUT2D eigenvalue weighted by Crippen LogP contribution is -2.45. The molecule has 2 atom stereocenters. The quantitative estimate of drug-likeness (QED) is 0.811. The van der Waals surface area contributed by atoms with Gasteiger partial charge in [0.1, 0.15) is 9.84 Å². The standard InChI is InChI=1S/C18H30N2O3S/c21-18(15-6-8-24(22,23)9-7-15)19-17-12-20(10-13-2-1-3-13)11-16(17)14-4-5-14/h13-17H,1-12H2,(H,19,21)/t16-,17+/m1/s1. The third-order valence-corrected chi connectivity index (χ3v) is 8.38. The summed E-state index contributed by atoms with van der Waals surface area (Å²) in [6.07, 6.45) is 7.76. The van der Waals surface area contributed by atoms with Gasteiger partial charge in [0.05, 0.1) is 11.5 Å². The van der Waals surface area contributed by atoms with E-state index < -0.39 is 9.84 Å². The number of rotatable bonds is 5. The second-order valence-corrected chi connectivity index (χ2v) is 10.9. The van der Waals surface area contributed by atoms with E-state index in [0.29, 0.717) is 18.8 Å². The van der Waals surface area contributed by atoms with Gasteiger partial charge in [-0.25, -0.2) is 8.42 Å². The van der Waals surface area contributed by atoms with Crippen molar-refractivity contribution in [1.29, 1.82) is 0 Å². The van der Waals surface area contributed by atoms with E-state index in [1.54, 1.807) is 0 Å². The number of sulfone groups is 1. The van der Waals surface area contributed by atoms with E-state index >= 15 is 0 Å². The predicted octanol–water partition coefficient (Wildman–Crippen LogP) is 1.44.